The van der Waals surface area contributed by atoms with E-state index in [0.29, 0.717) is 25.8 Å². The summed E-state index contributed by atoms with van der Waals surface area (Å²) in [5, 5.41) is 15.8. The zero-order chi connectivity index (χ0) is 26.3. The molecule has 0 radical (unpaired) electrons. The average molecular weight is 545 g/mol. The molecule has 3 aliphatic rings. The van der Waals surface area contributed by atoms with Crippen LogP contribution in [0.3, 0.4) is 0 Å². The van der Waals surface area contributed by atoms with Crippen molar-refractivity contribution in [2.75, 3.05) is 31.7 Å². The SMILES string of the molecule is CCCC(NC(=O)[C@@H]1CC2(CN1C(=O)C(N)C1CCCCC1)SCCS2)C(O)C(=O)NCC(=O)OC. The second kappa shape index (κ2) is 13.3. The highest BCUT2D eigenvalue weighted by Crippen LogP contribution is 2.52. The van der Waals surface area contributed by atoms with Crippen molar-refractivity contribution in [3.8, 4) is 0 Å². The van der Waals surface area contributed by atoms with Crippen LogP contribution in [0.1, 0.15) is 58.3 Å². The molecular weight excluding hydrogens is 504 g/mol. The van der Waals surface area contributed by atoms with Crippen LogP contribution in [0.4, 0.5) is 0 Å². The van der Waals surface area contributed by atoms with Gasteiger partial charge in [-0.25, -0.2) is 0 Å². The van der Waals surface area contributed by atoms with Crippen molar-refractivity contribution in [3.05, 3.63) is 0 Å². The molecule has 3 amide bonds. The van der Waals surface area contributed by atoms with Crippen molar-refractivity contribution in [2.45, 2.75) is 86.6 Å². The molecule has 3 unspecified atom stereocenters. The van der Waals surface area contributed by atoms with Gasteiger partial charge < -0.3 is 31.1 Å². The molecule has 36 heavy (non-hydrogen) atoms. The largest absolute Gasteiger partial charge is 0.468 e. The topological polar surface area (TPSA) is 151 Å². The van der Waals surface area contributed by atoms with Crippen LogP contribution in [-0.2, 0) is 23.9 Å². The maximum Gasteiger partial charge on any atom is 0.325 e. The smallest absolute Gasteiger partial charge is 0.325 e. The van der Waals surface area contributed by atoms with Crippen LogP contribution in [-0.4, -0.2) is 93.7 Å². The molecule has 1 spiro atoms. The fourth-order valence-electron chi connectivity index (χ4n) is 5.31. The Balaban J connectivity index is 1.72. The minimum absolute atomic E-state index is 0.128. The third kappa shape index (κ3) is 7.08. The molecule has 1 saturated carbocycles. The summed E-state index contributed by atoms with van der Waals surface area (Å²) in [6, 6.07) is -2.20. The molecule has 1 aliphatic carbocycles. The van der Waals surface area contributed by atoms with Gasteiger partial charge in [0, 0.05) is 24.5 Å². The van der Waals surface area contributed by atoms with Gasteiger partial charge in [-0.15, -0.1) is 23.5 Å². The number of nitrogens with one attached hydrogen (secondary N) is 2. The second-order valence-electron chi connectivity index (χ2n) is 9.86. The molecule has 5 N–H and O–H groups in total. The Labute approximate surface area is 221 Å². The zero-order valence-electron chi connectivity index (χ0n) is 21.2. The van der Waals surface area contributed by atoms with Gasteiger partial charge in [-0.05, 0) is 25.2 Å². The lowest BCUT2D eigenvalue weighted by Gasteiger charge is -2.33. The van der Waals surface area contributed by atoms with E-state index in [0.717, 1.165) is 43.6 Å². The second-order valence-corrected chi connectivity index (χ2v) is 13.1. The monoisotopic (exact) mass is 544 g/mol. The summed E-state index contributed by atoms with van der Waals surface area (Å²) in [6.07, 6.45) is 5.09. The molecule has 2 heterocycles. The fourth-order valence-corrected chi connectivity index (χ4v) is 8.57. The van der Waals surface area contributed by atoms with E-state index in [1.54, 1.807) is 28.4 Å². The lowest BCUT2D eigenvalue weighted by Crippen LogP contribution is -2.57. The summed E-state index contributed by atoms with van der Waals surface area (Å²) >= 11 is 3.57. The number of carbonyl (C=O) groups excluding carboxylic acids is 4. The Kier molecular flexibility index (Phi) is 10.8. The molecular formula is C24H40N4O6S2. The standard InChI is InChI=1S/C24H40N4O6S2/c1-3-7-16(20(30)22(32)26-13-18(29)34-2)27-21(31)17-12-24(35-10-11-36-24)14-28(17)23(33)19(25)15-8-5-4-6-9-15/h15-17,19-20,30H,3-14,25H2,1-2H3,(H,26,32)(H,27,31)/t16?,17-,19?,20?/m0/s1. The third-order valence-corrected chi connectivity index (χ3v) is 10.8. The molecule has 4 atom stereocenters. The Morgan fingerprint density at radius 3 is 2.44 bits per heavy atom. The average Bonchev–Trinajstić information content (AvgIpc) is 3.52. The van der Waals surface area contributed by atoms with Crippen molar-refractivity contribution in [3.63, 3.8) is 0 Å². The van der Waals surface area contributed by atoms with Crippen molar-refractivity contribution in [1.82, 2.24) is 15.5 Å². The lowest BCUT2D eigenvalue weighted by atomic mass is 9.83. The van der Waals surface area contributed by atoms with Gasteiger partial charge in [-0.2, -0.15) is 0 Å². The lowest BCUT2D eigenvalue weighted by molar-refractivity contribution is -0.143. The number of aliphatic hydroxyl groups excluding tert-OH is 1. The number of rotatable bonds is 10. The Bertz CT molecular complexity index is 803. The number of ether oxygens (including phenoxy) is 1. The number of amides is 3. The maximum atomic E-state index is 13.6. The zero-order valence-corrected chi connectivity index (χ0v) is 22.8. The van der Waals surface area contributed by atoms with Gasteiger partial charge in [0.2, 0.25) is 11.8 Å². The third-order valence-electron chi connectivity index (χ3n) is 7.35. The van der Waals surface area contributed by atoms with Crippen LogP contribution in [0, 0.1) is 5.92 Å². The van der Waals surface area contributed by atoms with E-state index in [1.165, 1.54) is 7.11 Å². The number of thioether (sulfide) groups is 2. The van der Waals surface area contributed by atoms with E-state index in [2.05, 4.69) is 15.4 Å². The van der Waals surface area contributed by atoms with Crippen molar-refractivity contribution in [1.29, 1.82) is 0 Å². The van der Waals surface area contributed by atoms with E-state index < -0.39 is 36.1 Å². The highest BCUT2D eigenvalue weighted by atomic mass is 32.2. The number of nitrogens with two attached hydrogens (primary N) is 1. The molecule has 0 aromatic rings. The number of hydrogen-bond acceptors (Lipinski definition) is 9. The Morgan fingerprint density at radius 1 is 1.17 bits per heavy atom. The van der Waals surface area contributed by atoms with Crippen LogP contribution < -0.4 is 16.4 Å². The number of aliphatic hydroxyl groups is 1. The van der Waals surface area contributed by atoms with Crippen molar-refractivity contribution < 1.29 is 29.0 Å². The number of hydrogen-bond donors (Lipinski definition) is 4. The predicted octanol–water partition coefficient (Wildman–Crippen LogP) is 0.606. The van der Waals surface area contributed by atoms with Gasteiger partial charge >= 0.3 is 5.97 Å². The molecule has 0 bridgehead atoms. The fraction of sp³-hybridized carbons (Fsp3) is 0.833. The Hall–Kier alpha value is -1.50. The summed E-state index contributed by atoms with van der Waals surface area (Å²) in [4.78, 5) is 52.5. The minimum atomic E-state index is -1.54. The molecule has 3 rings (SSSR count). The quantitative estimate of drug-likeness (QED) is 0.290. The summed E-state index contributed by atoms with van der Waals surface area (Å²) in [7, 11) is 1.20. The molecule has 2 saturated heterocycles. The molecule has 2 aliphatic heterocycles. The summed E-state index contributed by atoms with van der Waals surface area (Å²) in [5.74, 6) is 0.0797. The van der Waals surface area contributed by atoms with E-state index in [-0.39, 0.29) is 28.4 Å². The summed E-state index contributed by atoms with van der Waals surface area (Å²) in [5.41, 5.74) is 6.46. The van der Waals surface area contributed by atoms with Gasteiger partial charge in [0.1, 0.15) is 12.6 Å². The molecule has 3 fully saturated rings. The number of likely N-dealkylation sites (tertiary alicyclic amines) is 1. The molecule has 10 nitrogen and oxygen atoms in total. The first-order valence-corrected chi connectivity index (χ1v) is 14.9. The maximum absolute atomic E-state index is 13.6. The first-order valence-electron chi connectivity index (χ1n) is 12.9. The molecule has 12 heteroatoms. The number of nitrogens with zero attached hydrogens (tertiary/aromatic N) is 1. The molecule has 0 aromatic heterocycles. The van der Waals surface area contributed by atoms with Gasteiger partial charge in [0.05, 0.1) is 23.3 Å². The summed E-state index contributed by atoms with van der Waals surface area (Å²) < 4.78 is 4.27. The van der Waals surface area contributed by atoms with Crippen LogP contribution in [0.25, 0.3) is 0 Å². The van der Waals surface area contributed by atoms with Gasteiger partial charge in [0.25, 0.3) is 5.91 Å². The molecule has 0 aromatic carbocycles. The first kappa shape index (κ1) is 29.1. The van der Waals surface area contributed by atoms with E-state index in [9.17, 15) is 24.3 Å². The highest BCUT2D eigenvalue weighted by molar-refractivity contribution is 8.21. The number of methoxy groups -OCH3 is 1. The number of carbonyl (C=O) groups is 4. The van der Waals surface area contributed by atoms with Crippen LogP contribution in [0.2, 0.25) is 0 Å². The van der Waals surface area contributed by atoms with Crippen LogP contribution in [0.5, 0.6) is 0 Å². The van der Waals surface area contributed by atoms with Crippen LogP contribution in [0.15, 0.2) is 0 Å². The normalized spacial score (nSPS) is 24.2. The van der Waals surface area contributed by atoms with Crippen LogP contribution >= 0.6 is 23.5 Å². The van der Waals surface area contributed by atoms with E-state index in [4.69, 9.17) is 5.73 Å². The predicted molar refractivity (Wildman–Crippen MR) is 140 cm³/mol. The molecule has 204 valence electrons. The first-order chi connectivity index (χ1) is 17.2. The summed E-state index contributed by atoms with van der Waals surface area (Å²) in [6.45, 7) is 1.97. The van der Waals surface area contributed by atoms with E-state index >= 15 is 0 Å². The van der Waals surface area contributed by atoms with E-state index in [1.807, 2.05) is 6.92 Å². The van der Waals surface area contributed by atoms with Gasteiger partial charge in [0.15, 0.2) is 6.10 Å². The van der Waals surface area contributed by atoms with Crippen molar-refractivity contribution >= 4 is 47.2 Å². The Morgan fingerprint density at radius 2 is 1.83 bits per heavy atom. The van der Waals surface area contributed by atoms with Gasteiger partial charge in [-0.3, -0.25) is 19.2 Å². The van der Waals surface area contributed by atoms with Crippen molar-refractivity contribution in [2.24, 2.45) is 11.7 Å². The van der Waals surface area contributed by atoms with Gasteiger partial charge in [-0.1, -0.05) is 32.6 Å². The highest BCUT2D eigenvalue weighted by Gasteiger charge is 2.52. The number of esters is 1. The minimum Gasteiger partial charge on any atom is -0.468 e.